The molecule has 21 heavy (non-hydrogen) atoms. The van der Waals surface area contributed by atoms with E-state index in [1.807, 2.05) is 0 Å². The first-order chi connectivity index (χ1) is 9.90. The van der Waals surface area contributed by atoms with Crippen LogP contribution in [0.5, 0.6) is 0 Å². The van der Waals surface area contributed by atoms with Gasteiger partial charge in [-0.2, -0.15) is 10.1 Å². The van der Waals surface area contributed by atoms with Gasteiger partial charge in [-0.3, -0.25) is 10.1 Å². The summed E-state index contributed by atoms with van der Waals surface area (Å²) in [5.74, 6) is -0.149. The van der Waals surface area contributed by atoms with Gasteiger partial charge in [0.05, 0.1) is 21.2 Å². The zero-order valence-corrected chi connectivity index (χ0v) is 12.6. The molecule has 1 aliphatic heterocycles. The maximum Gasteiger partial charge on any atom is 0.259 e. The summed E-state index contributed by atoms with van der Waals surface area (Å²) in [6, 6.07) is 2.84. The smallest absolute Gasteiger partial charge is 0.259 e. The number of nitrogens with one attached hydrogen (secondary N) is 1. The number of anilines is 1. The Morgan fingerprint density at radius 1 is 1.43 bits per heavy atom. The lowest BCUT2D eigenvalue weighted by Gasteiger charge is -2.08. The Morgan fingerprint density at radius 3 is 2.86 bits per heavy atom. The van der Waals surface area contributed by atoms with Crippen LogP contribution < -0.4 is 5.32 Å². The number of hydrogen-bond acceptors (Lipinski definition) is 5. The van der Waals surface area contributed by atoms with Crippen molar-refractivity contribution in [1.82, 2.24) is 14.8 Å². The van der Waals surface area contributed by atoms with Gasteiger partial charge in [-0.15, -0.1) is 0 Å². The molecule has 1 aliphatic rings. The van der Waals surface area contributed by atoms with Gasteiger partial charge in [0.25, 0.3) is 5.91 Å². The second kappa shape index (κ2) is 4.81. The summed E-state index contributed by atoms with van der Waals surface area (Å²) < 4.78 is 25.0. The maximum absolute atomic E-state index is 12.2. The zero-order chi connectivity index (χ0) is 15.2. The van der Waals surface area contributed by atoms with Crippen LogP contribution in [0, 0.1) is 0 Å². The fourth-order valence-corrected chi connectivity index (χ4v) is 4.18. The van der Waals surface area contributed by atoms with Crippen molar-refractivity contribution in [3.8, 4) is 0 Å². The number of sulfone groups is 1. The Kier molecular flexibility index (Phi) is 3.22. The number of nitrogens with zero attached hydrogens (tertiary/aromatic N) is 3. The number of carbonyl (C=O) groups is 1. The molecule has 0 saturated heterocycles. The van der Waals surface area contributed by atoms with E-state index in [1.54, 1.807) is 7.05 Å². The molecule has 9 heteroatoms. The highest BCUT2D eigenvalue weighted by molar-refractivity contribution is 7.91. The molecule has 0 radical (unpaired) electrons. The van der Waals surface area contributed by atoms with Crippen LogP contribution in [0.25, 0.3) is 0 Å². The van der Waals surface area contributed by atoms with Gasteiger partial charge in [0.2, 0.25) is 5.95 Å². The van der Waals surface area contributed by atoms with Crippen LogP contribution in [0.15, 0.2) is 23.4 Å². The van der Waals surface area contributed by atoms with Crippen LogP contribution in [0.1, 0.15) is 15.9 Å². The number of aromatic nitrogens is 3. The molecule has 110 valence electrons. The molecule has 0 unspecified atom stereocenters. The van der Waals surface area contributed by atoms with Crippen LogP contribution in [0.4, 0.5) is 5.95 Å². The second-order valence-corrected chi connectivity index (χ2v) is 7.09. The molecule has 1 aromatic heterocycles. The minimum absolute atomic E-state index is 0.0242. The molecule has 0 aliphatic carbocycles. The molecule has 0 fully saturated rings. The van der Waals surface area contributed by atoms with Crippen LogP contribution in [0.3, 0.4) is 0 Å². The molecule has 3 rings (SSSR count). The summed E-state index contributed by atoms with van der Waals surface area (Å²) >= 11 is 6.19. The minimum Gasteiger partial charge on any atom is -0.291 e. The summed E-state index contributed by atoms with van der Waals surface area (Å²) in [4.78, 5) is 16.3. The molecule has 2 aromatic rings. The monoisotopic (exact) mass is 326 g/mol. The van der Waals surface area contributed by atoms with Crippen LogP contribution >= 0.6 is 11.6 Å². The SMILES string of the molecule is Cn1ncnc1NC(=O)c1ccc2c(c1Cl)CCS2(=O)=O. The Labute approximate surface area is 125 Å². The van der Waals surface area contributed by atoms with Crippen molar-refractivity contribution < 1.29 is 13.2 Å². The van der Waals surface area contributed by atoms with Gasteiger partial charge >= 0.3 is 0 Å². The number of hydrogen-bond donors (Lipinski definition) is 1. The second-order valence-electron chi connectivity index (χ2n) is 4.63. The average molecular weight is 327 g/mol. The first-order valence-corrected chi connectivity index (χ1v) is 8.12. The molecular formula is C12H11ClN4O3S. The largest absolute Gasteiger partial charge is 0.291 e. The molecule has 0 atom stereocenters. The van der Waals surface area contributed by atoms with Crippen molar-refractivity contribution in [2.75, 3.05) is 11.1 Å². The first kappa shape index (κ1) is 14.0. The Morgan fingerprint density at radius 2 is 2.19 bits per heavy atom. The van der Waals surface area contributed by atoms with E-state index in [9.17, 15) is 13.2 Å². The quantitative estimate of drug-likeness (QED) is 0.890. The molecule has 7 nitrogen and oxygen atoms in total. The molecular weight excluding hydrogens is 316 g/mol. The van der Waals surface area contributed by atoms with Crippen molar-refractivity contribution >= 4 is 33.3 Å². The lowest BCUT2D eigenvalue weighted by molar-refractivity contribution is 0.102. The van der Waals surface area contributed by atoms with Gasteiger partial charge in [0, 0.05) is 7.05 Å². The van der Waals surface area contributed by atoms with E-state index < -0.39 is 15.7 Å². The van der Waals surface area contributed by atoms with E-state index in [2.05, 4.69) is 15.4 Å². The molecule has 1 aromatic carbocycles. The van der Waals surface area contributed by atoms with Crippen LogP contribution in [-0.4, -0.2) is 34.8 Å². The zero-order valence-electron chi connectivity index (χ0n) is 11.0. The van der Waals surface area contributed by atoms with Gasteiger partial charge in [-0.05, 0) is 24.1 Å². The predicted molar refractivity (Wildman–Crippen MR) is 76.2 cm³/mol. The molecule has 0 bridgehead atoms. The van der Waals surface area contributed by atoms with Crippen molar-refractivity contribution in [2.45, 2.75) is 11.3 Å². The predicted octanol–water partition coefficient (Wildman–Crippen LogP) is 1.05. The third kappa shape index (κ3) is 2.30. The van der Waals surface area contributed by atoms with Gasteiger partial charge in [0.15, 0.2) is 9.84 Å². The molecule has 0 saturated carbocycles. The van der Waals surface area contributed by atoms with Crippen LogP contribution in [-0.2, 0) is 23.3 Å². The highest BCUT2D eigenvalue weighted by Gasteiger charge is 2.30. The Hall–Kier alpha value is -1.93. The Balaban J connectivity index is 1.98. The third-order valence-electron chi connectivity index (χ3n) is 3.34. The number of carbonyl (C=O) groups excluding carboxylic acids is 1. The highest BCUT2D eigenvalue weighted by Crippen LogP contribution is 2.34. The third-order valence-corrected chi connectivity index (χ3v) is 5.56. The van der Waals surface area contributed by atoms with Gasteiger partial charge in [-0.25, -0.2) is 13.1 Å². The number of benzene rings is 1. The van der Waals surface area contributed by atoms with E-state index in [1.165, 1.54) is 23.1 Å². The van der Waals surface area contributed by atoms with Gasteiger partial charge in [0.1, 0.15) is 6.33 Å². The normalized spacial score (nSPS) is 15.7. The van der Waals surface area contributed by atoms with E-state index >= 15 is 0 Å². The van der Waals surface area contributed by atoms with Crippen molar-refractivity contribution in [3.63, 3.8) is 0 Å². The summed E-state index contributed by atoms with van der Waals surface area (Å²) in [5.41, 5.74) is 0.720. The highest BCUT2D eigenvalue weighted by atomic mass is 35.5. The van der Waals surface area contributed by atoms with E-state index in [-0.39, 0.29) is 27.2 Å². The van der Waals surface area contributed by atoms with Crippen LogP contribution in [0.2, 0.25) is 5.02 Å². The molecule has 0 spiro atoms. The number of amides is 1. The van der Waals surface area contributed by atoms with Gasteiger partial charge in [-0.1, -0.05) is 11.6 Å². The summed E-state index contributed by atoms with van der Waals surface area (Å²) in [6.45, 7) is 0. The van der Waals surface area contributed by atoms with Gasteiger partial charge < -0.3 is 0 Å². The van der Waals surface area contributed by atoms with E-state index in [0.717, 1.165) is 0 Å². The minimum atomic E-state index is -3.27. The fraction of sp³-hybridized carbons (Fsp3) is 0.250. The summed E-state index contributed by atoms with van der Waals surface area (Å²) in [5, 5.41) is 6.59. The lowest BCUT2D eigenvalue weighted by Crippen LogP contribution is -2.16. The Bertz CT molecular complexity index is 844. The fourth-order valence-electron chi connectivity index (χ4n) is 2.23. The van der Waals surface area contributed by atoms with Crippen molar-refractivity contribution in [1.29, 1.82) is 0 Å². The number of fused-ring (bicyclic) bond motifs is 1. The average Bonchev–Trinajstić information content (AvgIpc) is 2.95. The van der Waals surface area contributed by atoms with Crippen molar-refractivity contribution in [3.05, 3.63) is 34.6 Å². The lowest BCUT2D eigenvalue weighted by atomic mass is 10.1. The first-order valence-electron chi connectivity index (χ1n) is 6.09. The number of halogens is 1. The molecule has 1 N–H and O–H groups in total. The number of aryl methyl sites for hydroxylation is 1. The molecule has 1 amide bonds. The maximum atomic E-state index is 12.2. The summed E-state index contributed by atoms with van der Waals surface area (Å²) in [7, 11) is -1.63. The standard InChI is InChI=1S/C12H11ClN4O3S/c1-17-12(14-6-15-17)16-11(18)8-2-3-9-7(10(8)13)4-5-21(9,19)20/h2-3,6H,4-5H2,1H3,(H,14,15,16,18). The topological polar surface area (TPSA) is 93.9 Å². The molecule has 2 heterocycles. The van der Waals surface area contributed by atoms with Crippen molar-refractivity contribution in [2.24, 2.45) is 7.05 Å². The summed E-state index contributed by atoms with van der Waals surface area (Å²) in [6.07, 6.45) is 1.63. The number of rotatable bonds is 2. The van der Waals surface area contributed by atoms with E-state index in [0.29, 0.717) is 12.0 Å². The van der Waals surface area contributed by atoms with E-state index in [4.69, 9.17) is 11.6 Å².